The number of nitrogens with zero attached hydrogens (tertiary/aromatic N) is 4. The van der Waals surface area contributed by atoms with Gasteiger partial charge < -0.3 is 14.4 Å². The average Bonchev–Trinajstić information content (AvgIpc) is 3.43. The minimum absolute atomic E-state index is 0.191. The molecule has 0 radical (unpaired) electrons. The Bertz CT molecular complexity index is 1250. The van der Waals surface area contributed by atoms with Crippen molar-refractivity contribution in [2.75, 3.05) is 7.11 Å². The van der Waals surface area contributed by atoms with E-state index >= 15 is 0 Å². The molecule has 1 unspecified atom stereocenters. The Morgan fingerprint density at radius 3 is 2.70 bits per heavy atom. The van der Waals surface area contributed by atoms with Crippen LogP contribution in [0.5, 0.6) is 11.5 Å². The SMILES string of the molecule is COc1ccccc1OCc1cn(-c2cccc3c2CN(C2CCC(=O)NC2=O)C3=O)nn1. The lowest BCUT2D eigenvalue weighted by Gasteiger charge is -2.29. The Morgan fingerprint density at radius 1 is 1.09 bits per heavy atom. The van der Waals surface area contributed by atoms with Crippen LogP contribution in [0.4, 0.5) is 0 Å². The van der Waals surface area contributed by atoms with Crippen molar-refractivity contribution in [3.05, 3.63) is 65.5 Å². The molecule has 5 rings (SSSR count). The smallest absolute Gasteiger partial charge is 0.255 e. The van der Waals surface area contributed by atoms with Crippen LogP contribution < -0.4 is 14.8 Å². The molecule has 3 heterocycles. The number of ether oxygens (including phenoxy) is 2. The van der Waals surface area contributed by atoms with Gasteiger partial charge in [0.15, 0.2) is 11.5 Å². The molecule has 1 N–H and O–H groups in total. The summed E-state index contributed by atoms with van der Waals surface area (Å²) in [5.41, 5.74) is 2.57. The van der Waals surface area contributed by atoms with Crippen LogP contribution in [0, 0.1) is 0 Å². The predicted molar refractivity (Wildman–Crippen MR) is 115 cm³/mol. The lowest BCUT2D eigenvalue weighted by Crippen LogP contribution is -2.52. The molecule has 2 aliphatic rings. The number of nitrogens with one attached hydrogen (secondary N) is 1. The molecule has 1 fully saturated rings. The Kier molecular flexibility index (Phi) is 5.25. The molecule has 10 nitrogen and oxygen atoms in total. The summed E-state index contributed by atoms with van der Waals surface area (Å²) in [6.45, 7) is 0.445. The van der Waals surface area contributed by atoms with Gasteiger partial charge in [-0.15, -0.1) is 5.10 Å². The van der Waals surface area contributed by atoms with Crippen molar-refractivity contribution >= 4 is 17.7 Å². The summed E-state index contributed by atoms with van der Waals surface area (Å²) in [7, 11) is 1.58. The number of benzene rings is 2. The van der Waals surface area contributed by atoms with E-state index < -0.39 is 11.9 Å². The summed E-state index contributed by atoms with van der Waals surface area (Å²) in [6.07, 6.45) is 2.26. The number of rotatable bonds is 6. The summed E-state index contributed by atoms with van der Waals surface area (Å²) in [5, 5.41) is 10.7. The van der Waals surface area contributed by atoms with Crippen LogP contribution >= 0.6 is 0 Å². The molecule has 2 aliphatic heterocycles. The molecule has 168 valence electrons. The average molecular weight is 447 g/mol. The second-order valence-electron chi connectivity index (χ2n) is 7.80. The highest BCUT2D eigenvalue weighted by atomic mass is 16.5. The molecule has 0 spiro atoms. The van der Waals surface area contributed by atoms with Crippen LogP contribution in [0.25, 0.3) is 5.69 Å². The van der Waals surface area contributed by atoms with E-state index in [9.17, 15) is 14.4 Å². The first-order chi connectivity index (χ1) is 16.0. The maximum Gasteiger partial charge on any atom is 0.255 e. The van der Waals surface area contributed by atoms with E-state index in [4.69, 9.17) is 9.47 Å². The molecule has 0 saturated carbocycles. The lowest BCUT2D eigenvalue weighted by molar-refractivity contribution is -0.136. The second-order valence-corrected chi connectivity index (χ2v) is 7.80. The van der Waals surface area contributed by atoms with E-state index in [0.717, 1.165) is 5.56 Å². The summed E-state index contributed by atoms with van der Waals surface area (Å²) in [4.78, 5) is 38.3. The quantitative estimate of drug-likeness (QED) is 0.571. The number of carbonyl (C=O) groups excluding carboxylic acids is 3. The number of hydrogen-bond acceptors (Lipinski definition) is 7. The Balaban J connectivity index is 1.36. The van der Waals surface area contributed by atoms with Gasteiger partial charge in [-0.05, 0) is 30.7 Å². The Morgan fingerprint density at radius 2 is 1.91 bits per heavy atom. The molecule has 3 aromatic rings. The van der Waals surface area contributed by atoms with Crippen LogP contribution in [0.15, 0.2) is 48.7 Å². The first-order valence-corrected chi connectivity index (χ1v) is 10.5. The zero-order valence-corrected chi connectivity index (χ0v) is 17.9. The minimum Gasteiger partial charge on any atom is -0.493 e. The van der Waals surface area contributed by atoms with Crippen LogP contribution in [0.2, 0.25) is 0 Å². The maximum atomic E-state index is 13.0. The van der Waals surface area contributed by atoms with Gasteiger partial charge in [0.05, 0.1) is 19.0 Å². The third kappa shape index (κ3) is 3.79. The molecule has 33 heavy (non-hydrogen) atoms. The number of aromatic nitrogens is 3. The van der Waals surface area contributed by atoms with E-state index in [-0.39, 0.29) is 31.4 Å². The fourth-order valence-electron chi connectivity index (χ4n) is 4.16. The fourth-order valence-corrected chi connectivity index (χ4v) is 4.16. The third-order valence-electron chi connectivity index (χ3n) is 5.79. The summed E-state index contributed by atoms with van der Waals surface area (Å²) < 4.78 is 12.7. The third-order valence-corrected chi connectivity index (χ3v) is 5.79. The molecular formula is C23H21N5O5. The minimum atomic E-state index is -0.670. The Hall–Kier alpha value is -4.21. The molecule has 0 aliphatic carbocycles. The van der Waals surface area contributed by atoms with Gasteiger partial charge >= 0.3 is 0 Å². The zero-order chi connectivity index (χ0) is 22.9. The van der Waals surface area contributed by atoms with Gasteiger partial charge in [-0.1, -0.05) is 23.4 Å². The molecule has 0 bridgehead atoms. The second kappa shape index (κ2) is 8.38. The van der Waals surface area contributed by atoms with Crippen molar-refractivity contribution < 1.29 is 23.9 Å². The van der Waals surface area contributed by atoms with Crippen molar-refractivity contribution in [3.8, 4) is 17.2 Å². The van der Waals surface area contributed by atoms with Crippen molar-refractivity contribution in [2.24, 2.45) is 0 Å². The van der Waals surface area contributed by atoms with Crippen molar-refractivity contribution in [1.82, 2.24) is 25.2 Å². The van der Waals surface area contributed by atoms with Gasteiger partial charge in [-0.25, -0.2) is 4.68 Å². The standard InChI is InChI=1S/C23H21N5O5/c1-32-19-7-2-3-8-20(19)33-13-14-11-28(26-25-14)17-6-4-5-15-16(17)12-27(23(15)31)18-9-10-21(29)24-22(18)30/h2-8,11,18H,9-10,12-13H2,1H3,(H,24,29,30). The number of hydrogen-bond donors (Lipinski definition) is 1. The van der Waals surface area contributed by atoms with Gasteiger partial charge in [0.25, 0.3) is 5.91 Å². The molecule has 1 aromatic heterocycles. The molecule has 1 atom stereocenters. The number of amides is 3. The van der Waals surface area contributed by atoms with Crippen LogP contribution in [0.1, 0.15) is 34.5 Å². The zero-order valence-electron chi connectivity index (χ0n) is 17.9. The van der Waals surface area contributed by atoms with Crippen LogP contribution in [-0.4, -0.2) is 50.8 Å². The van der Waals surface area contributed by atoms with Gasteiger partial charge in [-0.3, -0.25) is 19.7 Å². The molecule has 10 heteroatoms. The summed E-state index contributed by atoms with van der Waals surface area (Å²) in [5.74, 6) is 0.233. The van der Waals surface area contributed by atoms with Gasteiger partial charge in [0.1, 0.15) is 18.3 Å². The Labute approximate surface area is 189 Å². The van der Waals surface area contributed by atoms with Crippen LogP contribution in [-0.2, 0) is 22.7 Å². The lowest BCUT2D eigenvalue weighted by atomic mass is 10.0. The van der Waals surface area contributed by atoms with E-state index in [2.05, 4.69) is 15.6 Å². The van der Waals surface area contributed by atoms with Gasteiger partial charge in [0, 0.05) is 24.1 Å². The normalized spacial score (nSPS) is 17.7. The van der Waals surface area contributed by atoms with E-state index in [1.165, 1.54) is 4.90 Å². The molecular weight excluding hydrogens is 426 g/mol. The van der Waals surface area contributed by atoms with Crippen molar-refractivity contribution in [2.45, 2.75) is 32.0 Å². The number of carbonyl (C=O) groups is 3. The first kappa shape index (κ1) is 20.7. The molecule has 3 amide bonds. The number of para-hydroxylation sites is 2. The van der Waals surface area contributed by atoms with Gasteiger partial charge in [-0.2, -0.15) is 0 Å². The van der Waals surface area contributed by atoms with Gasteiger partial charge in [0.2, 0.25) is 11.8 Å². The largest absolute Gasteiger partial charge is 0.493 e. The van der Waals surface area contributed by atoms with E-state index in [1.54, 1.807) is 30.1 Å². The molecule has 2 aromatic carbocycles. The highest BCUT2D eigenvalue weighted by molar-refractivity contribution is 6.05. The van der Waals surface area contributed by atoms with Crippen molar-refractivity contribution in [1.29, 1.82) is 0 Å². The monoisotopic (exact) mass is 447 g/mol. The number of fused-ring (bicyclic) bond motifs is 1. The summed E-state index contributed by atoms with van der Waals surface area (Å²) >= 11 is 0. The fraction of sp³-hybridized carbons (Fsp3) is 0.261. The van der Waals surface area contributed by atoms with Crippen molar-refractivity contribution in [3.63, 3.8) is 0 Å². The highest BCUT2D eigenvalue weighted by Gasteiger charge is 2.40. The number of methoxy groups -OCH3 is 1. The topological polar surface area (TPSA) is 116 Å². The van der Waals surface area contributed by atoms with E-state index in [1.807, 2.05) is 30.3 Å². The number of piperidine rings is 1. The maximum absolute atomic E-state index is 13.0. The van der Waals surface area contributed by atoms with Crippen LogP contribution in [0.3, 0.4) is 0 Å². The first-order valence-electron chi connectivity index (χ1n) is 10.5. The highest BCUT2D eigenvalue weighted by Crippen LogP contribution is 2.31. The number of imide groups is 1. The molecule has 1 saturated heterocycles. The van der Waals surface area contributed by atoms with E-state index in [0.29, 0.717) is 34.9 Å². The summed E-state index contributed by atoms with van der Waals surface area (Å²) in [6, 6.07) is 12.0. The predicted octanol–water partition coefficient (Wildman–Crippen LogP) is 1.62.